The summed E-state index contributed by atoms with van der Waals surface area (Å²) in [4.78, 5) is 30.2. The van der Waals surface area contributed by atoms with E-state index in [-0.39, 0.29) is 47.5 Å². The lowest BCUT2D eigenvalue weighted by molar-refractivity contribution is -0.149. The summed E-state index contributed by atoms with van der Waals surface area (Å²) in [5, 5.41) is 29.9. The maximum Gasteiger partial charge on any atom is 0.308 e. The molecule has 1 amide bonds. The molecule has 0 saturated heterocycles. The Hall–Kier alpha value is -4.55. The number of anilines is 1. The van der Waals surface area contributed by atoms with Crippen LogP contribution in [0, 0.1) is 45.8 Å². The summed E-state index contributed by atoms with van der Waals surface area (Å²) in [6, 6.07) is 12.0. The second-order valence-corrected chi connectivity index (χ2v) is 13.9. The number of benzene rings is 1. The van der Waals surface area contributed by atoms with Crippen molar-refractivity contribution in [2.24, 2.45) is 11.8 Å². The van der Waals surface area contributed by atoms with Crippen LogP contribution in [0.5, 0.6) is 5.75 Å². The van der Waals surface area contributed by atoms with Gasteiger partial charge in [-0.15, -0.1) is 0 Å². The number of carbonyl (C=O) groups excluding carboxylic acids is 2. The van der Waals surface area contributed by atoms with Gasteiger partial charge in [-0.25, -0.2) is 0 Å². The van der Waals surface area contributed by atoms with Gasteiger partial charge in [0.2, 0.25) is 0 Å². The van der Waals surface area contributed by atoms with Crippen LogP contribution in [0.2, 0.25) is 0 Å². The highest BCUT2D eigenvalue weighted by Crippen LogP contribution is 2.35. The molecule has 9 heteroatoms. The number of unbranched alkanes of at least 4 members (excludes halogenated alkanes) is 5. The molecule has 2 rings (SSSR count). The Bertz CT molecular complexity index is 1520. The third-order valence-corrected chi connectivity index (χ3v) is 9.95. The summed E-state index contributed by atoms with van der Waals surface area (Å²) in [6.07, 6.45) is 16.6. The van der Waals surface area contributed by atoms with Crippen molar-refractivity contribution in [2.75, 3.05) is 37.7 Å². The van der Waals surface area contributed by atoms with Gasteiger partial charge in [0.1, 0.15) is 24.0 Å². The van der Waals surface area contributed by atoms with Crippen molar-refractivity contribution < 1.29 is 19.1 Å². The minimum Gasteiger partial charge on any atom is -0.493 e. The van der Waals surface area contributed by atoms with E-state index in [0.29, 0.717) is 31.1 Å². The molecule has 9 nitrogen and oxygen atoms in total. The Morgan fingerprint density at radius 1 is 0.849 bits per heavy atom. The molecule has 1 heterocycles. The maximum atomic E-state index is 13.9. The molecule has 0 N–H and O–H groups in total. The number of rotatable bonds is 26. The van der Waals surface area contributed by atoms with Crippen LogP contribution in [-0.2, 0) is 14.3 Å². The zero-order valence-corrected chi connectivity index (χ0v) is 33.3. The summed E-state index contributed by atoms with van der Waals surface area (Å²) < 4.78 is 12.1. The number of amides is 1. The van der Waals surface area contributed by atoms with Crippen molar-refractivity contribution in [1.29, 1.82) is 15.8 Å². The van der Waals surface area contributed by atoms with Crippen LogP contribution in [-0.4, -0.2) is 49.6 Å². The molecule has 2 atom stereocenters. The van der Waals surface area contributed by atoms with E-state index in [4.69, 9.17) is 9.47 Å². The molecule has 53 heavy (non-hydrogen) atoms. The van der Waals surface area contributed by atoms with E-state index in [1.54, 1.807) is 12.2 Å². The van der Waals surface area contributed by atoms with Crippen molar-refractivity contribution in [1.82, 2.24) is 4.90 Å². The first-order valence-electron chi connectivity index (χ1n) is 20.2. The summed E-state index contributed by atoms with van der Waals surface area (Å²) in [5.74, 6) is 0.368. The fourth-order valence-electron chi connectivity index (χ4n) is 6.42. The van der Waals surface area contributed by atoms with Gasteiger partial charge in [0.05, 0.1) is 36.0 Å². The molecule has 1 aromatic carbocycles. The van der Waals surface area contributed by atoms with Gasteiger partial charge in [-0.05, 0) is 69.1 Å². The predicted octanol–water partition coefficient (Wildman–Crippen LogP) is 10.2. The van der Waals surface area contributed by atoms with Gasteiger partial charge in [-0.1, -0.05) is 92.6 Å². The van der Waals surface area contributed by atoms with Crippen LogP contribution in [0.4, 0.5) is 5.69 Å². The third-order valence-electron chi connectivity index (χ3n) is 9.95. The molecule has 0 aliphatic carbocycles. The van der Waals surface area contributed by atoms with E-state index >= 15 is 0 Å². The van der Waals surface area contributed by atoms with Crippen molar-refractivity contribution >= 4 is 23.6 Å². The number of hydrogen-bond donors (Lipinski definition) is 0. The van der Waals surface area contributed by atoms with E-state index in [1.165, 1.54) is 4.90 Å². The fourth-order valence-corrected chi connectivity index (χ4v) is 6.42. The van der Waals surface area contributed by atoms with Crippen LogP contribution in [0.25, 0.3) is 6.08 Å². The van der Waals surface area contributed by atoms with Gasteiger partial charge in [0.25, 0.3) is 5.91 Å². The minimum absolute atomic E-state index is 0.00695. The Morgan fingerprint density at radius 3 is 2.09 bits per heavy atom. The van der Waals surface area contributed by atoms with Crippen molar-refractivity contribution in [3.05, 3.63) is 52.3 Å². The van der Waals surface area contributed by atoms with Gasteiger partial charge in [0.15, 0.2) is 5.57 Å². The highest BCUT2D eigenvalue weighted by atomic mass is 16.5. The van der Waals surface area contributed by atoms with E-state index < -0.39 is 5.91 Å². The van der Waals surface area contributed by atoms with Crippen molar-refractivity contribution in [3.8, 4) is 24.0 Å². The van der Waals surface area contributed by atoms with Crippen LogP contribution in [0.3, 0.4) is 0 Å². The van der Waals surface area contributed by atoms with E-state index in [0.717, 1.165) is 101 Å². The first-order chi connectivity index (χ1) is 25.8. The monoisotopic (exact) mass is 725 g/mol. The fraction of sp³-hybridized carbons (Fsp3) is 0.614. The Morgan fingerprint density at radius 2 is 1.51 bits per heavy atom. The van der Waals surface area contributed by atoms with Crippen molar-refractivity contribution in [2.45, 2.75) is 131 Å². The van der Waals surface area contributed by atoms with Crippen LogP contribution in [0.1, 0.15) is 137 Å². The predicted molar refractivity (Wildman–Crippen MR) is 212 cm³/mol. The smallest absolute Gasteiger partial charge is 0.308 e. The van der Waals surface area contributed by atoms with Crippen molar-refractivity contribution in [3.63, 3.8) is 0 Å². The summed E-state index contributed by atoms with van der Waals surface area (Å²) in [6.45, 7) is 15.7. The van der Waals surface area contributed by atoms with Gasteiger partial charge < -0.3 is 19.3 Å². The van der Waals surface area contributed by atoms with Crippen LogP contribution < -0.4 is 9.64 Å². The third kappa shape index (κ3) is 13.7. The molecule has 0 saturated carbocycles. The largest absolute Gasteiger partial charge is 0.493 e. The quantitative estimate of drug-likeness (QED) is 0.0524. The SMILES string of the molecule is CCCCC(CC)COc1cc(N(CCCC)CCCC)ccc1/C=C/C1=C(C#N)C(=C(C#N)C#N)N(CCCCOC(=O)C(CC)CCCC)C1=O. The molecule has 2 unspecified atom stereocenters. The van der Waals surface area contributed by atoms with E-state index in [9.17, 15) is 25.4 Å². The lowest BCUT2D eigenvalue weighted by Gasteiger charge is -2.26. The zero-order valence-electron chi connectivity index (χ0n) is 33.3. The summed E-state index contributed by atoms with van der Waals surface area (Å²) in [5.41, 5.74) is 1.72. The number of carbonyl (C=O) groups is 2. The lowest BCUT2D eigenvalue weighted by Crippen LogP contribution is -2.28. The molecule has 0 bridgehead atoms. The summed E-state index contributed by atoms with van der Waals surface area (Å²) in [7, 11) is 0. The minimum atomic E-state index is -0.451. The topological polar surface area (TPSA) is 130 Å². The van der Waals surface area contributed by atoms with E-state index in [2.05, 4.69) is 57.7 Å². The normalized spacial score (nSPS) is 13.8. The molecule has 1 aliphatic heterocycles. The lowest BCUT2D eigenvalue weighted by atomic mass is 10.00. The first kappa shape index (κ1) is 44.6. The standard InChI is InChI=1S/C44H63N5O4/c1-7-13-19-34(11-5)33-53-41-29-38(48(25-15-9-3)26-16-10-4)23-21-36(41)22-24-39-40(32-47)42(37(30-45)31-46)49(43(39)50)27-17-18-28-52-44(51)35(12-6)20-14-8-2/h21-24,29,34-35H,7-20,25-28,33H2,1-6H3/b24-22+. The highest BCUT2D eigenvalue weighted by molar-refractivity contribution is 6.05. The van der Waals surface area contributed by atoms with Gasteiger partial charge >= 0.3 is 5.97 Å². The average molecular weight is 726 g/mol. The average Bonchev–Trinajstić information content (AvgIpc) is 3.44. The number of ether oxygens (including phenoxy) is 2. The molecular formula is C44H63N5O4. The van der Waals surface area contributed by atoms with E-state index in [1.807, 2.05) is 25.1 Å². The first-order valence-corrected chi connectivity index (χ1v) is 20.2. The second kappa shape index (κ2) is 25.4. The summed E-state index contributed by atoms with van der Waals surface area (Å²) >= 11 is 0. The molecule has 1 aromatic rings. The Kier molecular flexibility index (Phi) is 21.4. The van der Waals surface area contributed by atoms with Gasteiger partial charge in [0, 0.05) is 37.0 Å². The second-order valence-electron chi connectivity index (χ2n) is 13.9. The highest BCUT2D eigenvalue weighted by Gasteiger charge is 2.36. The van der Waals surface area contributed by atoms with Gasteiger partial charge in [-0.2, -0.15) is 15.8 Å². The molecule has 0 aromatic heterocycles. The van der Waals surface area contributed by atoms with Gasteiger partial charge in [-0.3, -0.25) is 9.59 Å². The number of esters is 1. The molecule has 1 aliphatic rings. The number of hydrogen-bond acceptors (Lipinski definition) is 8. The number of nitrogens with zero attached hydrogens (tertiary/aromatic N) is 5. The molecular weight excluding hydrogens is 663 g/mol. The zero-order chi connectivity index (χ0) is 39.0. The maximum absolute atomic E-state index is 13.9. The van der Waals surface area contributed by atoms with Crippen LogP contribution in [0.15, 0.2) is 46.7 Å². The Balaban J connectivity index is 2.42. The Labute approximate surface area is 319 Å². The molecule has 0 fully saturated rings. The molecule has 288 valence electrons. The number of nitriles is 3. The van der Waals surface area contributed by atoms with Crippen LogP contribution >= 0.6 is 0 Å². The number of allylic oxidation sites excluding steroid dienone is 2. The molecule has 0 spiro atoms. The molecule has 0 radical (unpaired) electrons.